The van der Waals surface area contributed by atoms with Gasteiger partial charge in [0, 0.05) is 18.2 Å². The zero-order chi connectivity index (χ0) is 13.1. The second-order valence-electron chi connectivity index (χ2n) is 4.60. The quantitative estimate of drug-likeness (QED) is 0.847. The molecule has 5 heteroatoms. The SMILES string of the molecule is NC(CC1CCCCO1)c1ccc(F)c(F)c1F. The van der Waals surface area contributed by atoms with Crippen molar-refractivity contribution >= 4 is 0 Å². The largest absolute Gasteiger partial charge is 0.378 e. The first-order valence-corrected chi connectivity index (χ1v) is 6.10. The van der Waals surface area contributed by atoms with Crippen LogP contribution in [-0.2, 0) is 4.74 Å². The van der Waals surface area contributed by atoms with Crippen molar-refractivity contribution in [1.82, 2.24) is 0 Å². The molecule has 2 atom stereocenters. The maximum Gasteiger partial charge on any atom is 0.194 e. The fourth-order valence-corrected chi connectivity index (χ4v) is 2.23. The highest BCUT2D eigenvalue weighted by Crippen LogP contribution is 2.26. The van der Waals surface area contributed by atoms with Gasteiger partial charge in [-0.1, -0.05) is 6.07 Å². The lowest BCUT2D eigenvalue weighted by atomic mass is 9.97. The molecule has 0 spiro atoms. The number of hydrogen-bond acceptors (Lipinski definition) is 2. The number of rotatable bonds is 3. The van der Waals surface area contributed by atoms with Crippen LogP contribution in [0.5, 0.6) is 0 Å². The van der Waals surface area contributed by atoms with E-state index in [0.29, 0.717) is 13.0 Å². The average Bonchev–Trinajstić information content (AvgIpc) is 2.37. The summed E-state index contributed by atoms with van der Waals surface area (Å²) in [6.07, 6.45) is 3.34. The molecule has 2 N–H and O–H groups in total. The van der Waals surface area contributed by atoms with Crippen molar-refractivity contribution in [3.63, 3.8) is 0 Å². The standard InChI is InChI=1S/C13H16F3NO/c14-10-5-4-9(12(15)13(10)16)11(17)7-8-3-1-2-6-18-8/h4-5,8,11H,1-3,6-7,17H2. The van der Waals surface area contributed by atoms with E-state index in [1.165, 1.54) is 6.07 Å². The second kappa shape index (κ2) is 5.71. The molecule has 1 aromatic rings. The molecule has 1 aliphatic heterocycles. The van der Waals surface area contributed by atoms with Crippen LogP contribution in [0.25, 0.3) is 0 Å². The molecule has 1 aromatic carbocycles. The number of ether oxygens (including phenoxy) is 1. The Bertz CT molecular complexity index is 419. The predicted molar refractivity (Wildman–Crippen MR) is 61.5 cm³/mol. The van der Waals surface area contributed by atoms with Crippen molar-refractivity contribution in [2.24, 2.45) is 5.73 Å². The van der Waals surface area contributed by atoms with Crippen molar-refractivity contribution in [2.45, 2.75) is 37.8 Å². The molecule has 2 rings (SSSR count). The van der Waals surface area contributed by atoms with Gasteiger partial charge in [0.2, 0.25) is 0 Å². The van der Waals surface area contributed by atoms with Gasteiger partial charge in [-0.15, -0.1) is 0 Å². The van der Waals surface area contributed by atoms with E-state index >= 15 is 0 Å². The summed E-state index contributed by atoms with van der Waals surface area (Å²) >= 11 is 0. The fourth-order valence-electron chi connectivity index (χ4n) is 2.23. The maximum absolute atomic E-state index is 13.5. The molecule has 0 aromatic heterocycles. The third-order valence-electron chi connectivity index (χ3n) is 3.26. The minimum Gasteiger partial charge on any atom is -0.378 e. The second-order valence-corrected chi connectivity index (χ2v) is 4.60. The monoisotopic (exact) mass is 259 g/mol. The third kappa shape index (κ3) is 2.84. The Hall–Kier alpha value is -1.07. The van der Waals surface area contributed by atoms with E-state index in [9.17, 15) is 13.2 Å². The first kappa shape index (κ1) is 13.4. The van der Waals surface area contributed by atoms with Crippen LogP contribution >= 0.6 is 0 Å². The predicted octanol–water partition coefficient (Wildman–Crippen LogP) is 3.06. The zero-order valence-electron chi connectivity index (χ0n) is 9.96. The molecule has 100 valence electrons. The van der Waals surface area contributed by atoms with Gasteiger partial charge in [0.1, 0.15) is 0 Å². The molecule has 1 heterocycles. The number of benzene rings is 1. The first-order chi connectivity index (χ1) is 8.59. The molecule has 0 amide bonds. The molecule has 0 saturated carbocycles. The Morgan fingerprint density at radius 1 is 1.22 bits per heavy atom. The Kier molecular flexibility index (Phi) is 4.24. The molecular formula is C13H16F3NO. The number of hydrogen-bond donors (Lipinski definition) is 1. The van der Waals surface area contributed by atoms with E-state index in [-0.39, 0.29) is 11.7 Å². The van der Waals surface area contributed by atoms with Crippen LogP contribution in [0.4, 0.5) is 13.2 Å². The molecular weight excluding hydrogens is 243 g/mol. The first-order valence-electron chi connectivity index (χ1n) is 6.10. The van der Waals surface area contributed by atoms with Crippen LogP contribution in [0, 0.1) is 17.5 Å². The average molecular weight is 259 g/mol. The summed E-state index contributed by atoms with van der Waals surface area (Å²) < 4.78 is 44.9. The van der Waals surface area contributed by atoms with E-state index in [1.807, 2.05) is 0 Å². The van der Waals surface area contributed by atoms with E-state index in [4.69, 9.17) is 10.5 Å². The highest BCUT2D eigenvalue weighted by molar-refractivity contribution is 5.23. The molecule has 2 unspecified atom stereocenters. The normalized spacial score (nSPS) is 21.9. The third-order valence-corrected chi connectivity index (χ3v) is 3.26. The summed E-state index contributed by atoms with van der Waals surface area (Å²) in [5, 5.41) is 0. The molecule has 0 aliphatic carbocycles. The highest BCUT2D eigenvalue weighted by atomic mass is 19.2. The summed E-state index contributed by atoms with van der Waals surface area (Å²) in [6.45, 7) is 0.678. The van der Waals surface area contributed by atoms with Crippen LogP contribution in [0.1, 0.15) is 37.3 Å². The topological polar surface area (TPSA) is 35.2 Å². The van der Waals surface area contributed by atoms with E-state index in [0.717, 1.165) is 25.3 Å². The minimum atomic E-state index is -1.47. The van der Waals surface area contributed by atoms with Crippen molar-refractivity contribution in [3.05, 3.63) is 35.1 Å². The Morgan fingerprint density at radius 3 is 2.67 bits per heavy atom. The zero-order valence-corrected chi connectivity index (χ0v) is 9.96. The molecule has 1 fully saturated rings. The lowest BCUT2D eigenvalue weighted by Crippen LogP contribution is -2.25. The number of halogens is 3. The van der Waals surface area contributed by atoms with Gasteiger partial charge in [-0.2, -0.15) is 0 Å². The van der Waals surface area contributed by atoms with Gasteiger partial charge in [-0.05, 0) is 31.7 Å². The molecule has 0 radical (unpaired) electrons. The maximum atomic E-state index is 13.5. The van der Waals surface area contributed by atoms with Crippen molar-refractivity contribution in [3.8, 4) is 0 Å². The van der Waals surface area contributed by atoms with Crippen LogP contribution in [0.15, 0.2) is 12.1 Å². The molecule has 1 saturated heterocycles. The van der Waals surface area contributed by atoms with Gasteiger partial charge in [0.05, 0.1) is 6.10 Å². The summed E-state index contributed by atoms with van der Waals surface area (Å²) in [6, 6.07) is 1.42. The van der Waals surface area contributed by atoms with E-state index in [1.54, 1.807) is 0 Å². The van der Waals surface area contributed by atoms with E-state index < -0.39 is 23.5 Å². The Balaban J connectivity index is 2.08. The van der Waals surface area contributed by atoms with Crippen molar-refractivity contribution in [1.29, 1.82) is 0 Å². The highest BCUT2D eigenvalue weighted by Gasteiger charge is 2.22. The molecule has 1 aliphatic rings. The molecule has 18 heavy (non-hydrogen) atoms. The van der Waals surface area contributed by atoms with Crippen molar-refractivity contribution in [2.75, 3.05) is 6.61 Å². The summed E-state index contributed by atoms with van der Waals surface area (Å²) in [7, 11) is 0. The summed E-state index contributed by atoms with van der Waals surface area (Å²) in [5.41, 5.74) is 5.84. The van der Waals surface area contributed by atoms with E-state index in [2.05, 4.69) is 0 Å². The molecule has 0 bridgehead atoms. The van der Waals surface area contributed by atoms with Gasteiger partial charge in [0.25, 0.3) is 0 Å². The molecule has 2 nitrogen and oxygen atoms in total. The number of nitrogens with two attached hydrogens (primary N) is 1. The van der Waals surface area contributed by atoms with Gasteiger partial charge < -0.3 is 10.5 Å². The summed E-state index contributed by atoms with van der Waals surface area (Å²) in [4.78, 5) is 0. The minimum absolute atomic E-state index is 0.00285. The van der Waals surface area contributed by atoms with Gasteiger partial charge in [-0.3, -0.25) is 0 Å². The smallest absolute Gasteiger partial charge is 0.194 e. The van der Waals surface area contributed by atoms with Crippen LogP contribution in [-0.4, -0.2) is 12.7 Å². The Labute approximate surface area is 104 Å². The summed E-state index contributed by atoms with van der Waals surface area (Å²) in [5.74, 6) is -3.86. The van der Waals surface area contributed by atoms with Crippen LogP contribution < -0.4 is 5.73 Å². The van der Waals surface area contributed by atoms with Crippen LogP contribution in [0.2, 0.25) is 0 Å². The van der Waals surface area contributed by atoms with Gasteiger partial charge in [-0.25, -0.2) is 13.2 Å². The van der Waals surface area contributed by atoms with Gasteiger partial charge >= 0.3 is 0 Å². The Morgan fingerprint density at radius 2 is 2.00 bits per heavy atom. The van der Waals surface area contributed by atoms with Gasteiger partial charge in [0.15, 0.2) is 17.5 Å². The van der Waals surface area contributed by atoms with Crippen molar-refractivity contribution < 1.29 is 17.9 Å². The fraction of sp³-hybridized carbons (Fsp3) is 0.538. The lowest BCUT2D eigenvalue weighted by molar-refractivity contribution is 0.00710. The van der Waals surface area contributed by atoms with Crippen LogP contribution in [0.3, 0.4) is 0 Å². The lowest BCUT2D eigenvalue weighted by Gasteiger charge is -2.25.